The monoisotopic (exact) mass is 362 g/mol. The van der Waals surface area contributed by atoms with E-state index in [0.717, 1.165) is 25.7 Å². The molecule has 2 N–H and O–H groups in total. The number of benzene rings is 1. The second-order valence-corrected chi connectivity index (χ2v) is 7.21. The summed E-state index contributed by atoms with van der Waals surface area (Å²) in [5.41, 5.74) is 1.20. The summed E-state index contributed by atoms with van der Waals surface area (Å²) in [6, 6.07) is 1.59. The normalized spacial score (nSPS) is 20.2. The van der Waals surface area contributed by atoms with Crippen LogP contribution >= 0.6 is 0 Å². The molecule has 0 fully saturated rings. The van der Waals surface area contributed by atoms with Gasteiger partial charge in [0.2, 0.25) is 0 Å². The molecule has 0 aromatic heterocycles. The van der Waals surface area contributed by atoms with Crippen molar-refractivity contribution in [2.75, 3.05) is 0 Å². The molecule has 5 heteroatoms. The summed E-state index contributed by atoms with van der Waals surface area (Å²) >= 11 is 0. The first-order valence-corrected chi connectivity index (χ1v) is 9.73. The zero-order valence-electron chi connectivity index (χ0n) is 15.8. The molecule has 1 aromatic rings. The number of ether oxygens (including phenoxy) is 1. The van der Waals surface area contributed by atoms with Gasteiger partial charge in [-0.1, -0.05) is 19.8 Å². The molecule has 26 heavy (non-hydrogen) atoms. The van der Waals surface area contributed by atoms with Crippen LogP contribution in [0.25, 0.3) is 0 Å². The molecule has 1 aromatic carbocycles. The van der Waals surface area contributed by atoms with Crippen molar-refractivity contribution in [1.29, 1.82) is 0 Å². The van der Waals surface area contributed by atoms with E-state index in [4.69, 9.17) is 4.74 Å². The van der Waals surface area contributed by atoms with Gasteiger partial charge in [0, 0.05) is 18.4 Å². The van der Waals surface area contributed by atoms with Gasteiger partial charge in [0.15, 0.2) is 0 Å². The van der Waals surface area contributed by atoms with E-state index in [2.05, 4.69) is 0 Å². The van der Waals surface area contributed by atoms with Crippen molar-refractivity contribution in [2.45, 2.75) is 84.2 Å². The highest BCUT2D eigenvalue weighted by atomic mass is 16.5. The number of Topliss-reactive ketones (excluding diaryl/α,β-unsaturated/α-hetero) is 1. The Hall–Kier alpha value is -2.04. The van der Waals surface area contributed by atoms with Crippen LogP contribution < -0.4 is 0 Å². The van der Waals surface area contributed by atoms with E-state index in [1.54, 1.807) is 13.0 Å². The summed E-state index contributed by atoms with van der Waals surface area (Å²) in [4.78, 5) is 24.5. The van der Waals surface area contributed by atoms with Crippen LogP contribution in [0.4, 0.5) is 0 Å². The highest BCUT2D eigenvalue weighted by Gasteiger charge is 2.25. The molecule has 0 unspecified atom stereocenters. The van der Waals surface area contributed by atoms with Crippen molar-refractivity contribution >= 4 is 11.8 Å². The predicted molar refractivity (Wildman–Crippen MR) is 99.7 cm³/mol. The van der Waals surface area contributed by atoms with E-state index in [-0.39, 0.29) is 28.9 Å². The number of hydrogen-bond donors (Lipinski definition) is 2. The van der Waals surface area contributed by atoms with E-state index in [9.17, 15) is 19.8 Å². The van der Waals surface area contributed by atoms with E-state index in [1.807, 2.05) is 6.92 Å². The molecule has 0 radical (unpaired) electrons. The number of phenolic OH excluding ortho intramolecular Hbond substituents is 2. The van der Waals surface area contributed by atoms with Gasteiger partial charge in [0.1, 0.15) is 22.8 Å². The Morgan fingerprint density at radius 1 is 1.08 bits per heavy atom. The van der Waals surface area contributed by atoms with Crippen molar-refractivity contribution in [3.63, 3.8) is 0 Å². The zero-order chi connectivity index (χ0) is 19.1. The first kappa shape index (κ1) is 20.3. The number of fused-ring (bicyclic) bond motifs is 1. The van der Waals surface area contributed by atoms with Crippen molar-refractivity contribution in [3.8, 4) is 11.5 Å². The maximum Gasteiger partial charge on any atom is 0.342 e. The molecule has 2 rings (SSSR count). The number of phenols is 2. The minimum Gasteiger partial charge on any atom is -0.508 e. The number of rotatable bonds is 2. The number of aryl methyl sites for hydroxylation is 1. The van der Waals surface area contributed by atoms with Gasteiger partial charge in [-0.05, 0) is 57.1 Å². The third kappa shape index (κ3) is 5.23. The average Bonchev–Trinajstić information content (AvgIpc) is 2.57. The van der Waals surface area contributed by atoms with Crippen LogP contribution in [0.5, 0.6) is 11.5 Å². The fourth-order valence-electron chi connectivity index (χ4n) is 3.50. The summed E-state index contributed by atoms with van der Waals surface area (Å²) in [6.45, 7) is 3.75. The van der Waals surface area contributed by atoms with Gasteiger partial charge in [-0.2, -0.15) is 0 Å². The maximum atomic E-state index is 12.7. The van der Waals surface area contributed by atoms with Gasteiger partial charge in [0.05, 0.1) is 6.10 Å². The van der Waals surface area contributed by atoms with E-state index < -0.39 is 5.97 Å². The Bertz CT molecular complexity index is 650. The molecule has 1 aliphatic rings. The Kier molecular flexibility index (Phi) is 7.49. The third-order valence-corrected chi connectivity index (χ3v) is 4.94. The molecule has 0 spiro atoms. The second-order valence-electron chi connectivity index (χ2n) is 7.21. The fraction of sp³-hybridized carbons (Fsp3) is 0.619. The Morgan fingerprint density at radius 2 is 1.77 bits per heavy atom. The van der Waals surface area contributed by atoms with Gasteiger partial charge in [-0.25, -0.2) is 4.79 Å². The number of hydrogen-bond acceptors (Lipinski definition) is 5. The number of aromatic hydroxyl groups is 2. The zero-order valence-corrected chi connectivity index (χ0v) is 15.8. The summed E-state index contributed by atoms with van der Waals surface area (Å²) < 4.78 is 5.52. The van der Waals surface area contributed by atoms with Crippen LogP contribution in [0.2, 0.25) is 0 Å². The maximum absolute atomic E-state index is 12.7. The molecular formula is C21H30O5. The SMILES string of the molecule is CCCc1c(O)cc2c(c1O)C(=O)O[C@@H](C)CCCC(=O)CCCCC2. The minimum absolute atomic E-state index is 0.0280. The number of carbonyl (C=O) groups is 2. The number of ketones is 1. The quantitative estimate of drug-likeness (QED) is 0.759. The molecule has 5 nitrogen and oxygen atoms in total. The first-order valence-electron chi connectivity index (χ1n) is 9.73. The van der Waals surface area contributed by atoms with Crippen LogP contribution in [-0.4, -0.2) is 28.1 Å². The van der Waals surface area contributed by atoms with Crippen LogP contribution in [0.15, 0.2) is 6.07 Å². The number of cyclic esters (lactones) is 1. The van der Waals surface area contributed by atoms with E-state index in [0.29, 0.717) is 49.7 Å². The summed E-state index contributed by atoms with van der Waals surface area (Å²) in [5.74, 6) is -0.409. The summed E-state index contributed by atoms with van der Waals surface area (Å²) in [5, 5.41) is 20.9. The van der Waals surface area contributed by atoms with Gasteiger partial charge < -0.3 is 14.9 Å². The van der Waals surface area contributed by atoms with Crippen molar-refractivity contribution < 1.29 is 24.5 Å². The Labute approximate surface area is 155 Å². The lowest BCUT2D eigenvalue weighted by Gasteiger charge is -2.19. The molecule has 1 atom stereocenters. The lowest BCUT2D eigenvalue weighted by molar-refractivity contribution is -0.119. The molecule has 0 saturated carbocycles. The van der Waals surface area contributed by atoms with Crippen LogP contribution in [0, 0.1) is 0 Å². The van der Waals surface area contributed by atoms with Crippen LogP contribution in [-0.2, 0) is 22.4 Å². The minimum atomic E-state index is -0.550. The van der Waals surface area contributed by atoms with Gasteiger partial charge in [0.25, 0.3) is 0 Å². The highest BCUT2D eigenvalue weighted by molar-refractivity contribution is 5.95. The molecule has 0 bridgehead atoms. The van der Waals surface area contributed by atoms with E-state index in [1.165, 1.54) is 0 Å². The largest absolute Gasteiger partial charge is 0.508 e. The average molecular weight is 362 g/mol. The molecular weight excluding hydrogens is 332 g/mol. The number of carbonyl (C=O) groups excluding carboxylic acids is 2. The lowest BCUT2D eigenvalue weighted by atomic mass is 9.94. The summed E-state index contributed by atoms with van der Waals surface area (Å²) in [7, 11) is 0. The third-order valence-electron chi connectivity index (χ3n) is 4.94. The van der Waals surface area contributed by atoms with Gasteiger partial charge in [-0.15, -0.1) is 0 Å². The lowest BCUT2D eigenvalue weighted by Crippen LogP contribution is -2.18. The standard InChI is InChI=1S/C21H30O5/c1-3-8-17-18(23)13-15-10-5-4-6-11-16(22)12-7-9-14(2)26-21(25)19(15)20(17)24/h13-14,23-24H,3-12H2,1-2H3/t14-/m0/s1. The van der Waals surface area contributed by atoms with E-state index >= 15 is 0 Å². The van der Waals surface area contributed by atoms with Crippen molar-refractivity contribution in [1.82, 2.24) is 0 Å². The van der Waals surface area contributed by atoms with Crippen LogP contribution in [0.3, 0.4) is 0 Å². The molecule has 1 aliphatic heterocycles. The molecule has 0 amide bonds. The smallest absolute Gasteiger partial charge is 0.342 e. The molecule has 144 valence electrons. The van der Waals surface area contributed by atoms with Crippen LogP contribution in [0.1, 0.15) is 86.7 Å². The Morgan fingerprint density at radius 3 is 2.50 bits per heavy atom. The first-order chi connectivity index (χ1) is 12.4. The van der Waals surface area contributed by atoms with Crippen molar-refractivity contribution in [3.05, 3.63) is 22.8 Å². The number of esters is 1. The summed E-state index contributed by atoms with van der Waals surface area (Å²) in [6.07, 6.45) is 6.40. The Balaban J connectivity index is 2.34. The topological polar surface area (TPSA) is 83.8 Å². The molecule has 1 heterocycles. The molecule has 0 saturated heterocycles. The van der Waals surface area contributed by atoms with Crippen molar-refractivity contribution in [2.24, 2.45) is 0 Å². The van der Waals surface area contributed by atoms with Gasteiger partial charge in [-0.3, -0.25) is 4.79 Å². The van der Waals surface area contributed by atoms with Gasteiger partial charge >= 0.3 is 5.97 Å². The second kappa shape index (κ2) is 9.60. The fourth-order valence-corrected chi connectivity index (χ4v) is 3.50. The highest BCUT2D eigenvalue weighted by Crippen LogP contribution is 2.36. The predicted octanol–water partition coefficient (Wildman–Crippen LogP) is 4.45. The molecule has 0 aliphatic carbocycles.